The van der Waals surface area contributed by atoms with E-state index < -0.39 is 16.4 Å². The molecule has 0 aromatic heterocycles. The first kappa shape index (κ1) is 22.6. The zero-order chi connectivity index (χ0) is 8.08. The van der Waals surface area contributed by atoms with Gasteiger partial charge in [0.2, 0.25) is 0 Å². The Morgan fingerprint density at radius 3 is 1.27 bits per heavy atom. The number of hydrogen-bond acceptors (Lipinski definition) is 6. The van der Waals surface area contributed by atoms with Crippen molar-refractivity contribution in [3.05, 3.63) is 0 Å². The topological polar surface area (TPSA) is 120 Å². The van der Waals surface area contributed by atoms with Crippen LogP contribution >= 0.6 is 0 Å². The number of carboxylic acids is 1. The Morgan fingerprint density at radius 1 is 1.27 bits per heavy atom. The molecule has 0 aliphatic carbocycles. The zero-order valence-electron chi connectivity index (χ0n) is 5.94. The molecule has 0 amide bonds. The Balaban J connectivity index is -0.0000000383. The number of rotatable bonds is 0. The van der Waals surface area contributed by atoms with Crippen LogP contribution in [0.3, 0.4) is 0 Å². The molecule has 0 aromatic carbocycles. The number of aliphatic carboxylic acids is 1. The standard InChI is InChI=1S/C2H4O2.Al.Na.H2O4S/c1-2(3)4;;;1-5(2,3)4/h1H3,(H,3,4);;;(H2,1,2,3,4)/q;+3;+1;/p-3. The monoisotopic (exact) mass is 205 g/mol. The van der Waals surface area contributed by atoms with E-state index in [1.165, 1.54) is 0 Å². The normalized spacial score (nSPS) is 7.55. The zero-order valence-corrected chi connectivity index (χ0v) is 9.91. The Morgan fingerprint density at radius 2 is 1.27 bits per heavy atom. The summed E-state index contributed by atoms with van der Waals surface area (Å²) in [5.41, 5.74) is 0. The minimum atomic E-state index is -5.17. The second kappa shape index (κ2) is 10.9. The molecule has 0 rings (SSSR count). The van der Waals surface area contributed by atoms with Crippen molar-refractivity contribution in [3.63, 3.8) is 0 Å². The number of hydrogen-bond donors (Lipinski definition) is 0. The van der Waals surface area contributed by atoms with E-state index in [4.69, 9.17) is 27.4 Å². The molecule has 0 saturated heterocycles. The largest absolute Gasteiger partial charge is 3.00 e. The van der Waals surface area contributed by atoms with Crippen molar-refractivity contribution in [2.75, 3.05) is 0 Å². The van der Waals surface area contributed by atoms with Crippen molar-refractivity contribution in [1.82, 2.24) is 0 Å². The fourth-order valence-electron chi connectivity index (χ4n) is 0. The molecule has 0 N–H and O–H groups in total. The second-order valence-electron chi connectivity index (χ2n) is 0.900. The molecule has 56 valence electrons. The first-order valence-corrected chi connectivity index (χ1v) is 2.91. The van der Waals surface area contributed by atoms with Crippen molar-refractivity contribution < 1.29 is 57.0 Å². The van der Waals surface area contributed by atoms with Crippen molar-refractivity contribution in [2.45, 2.75) is 6.92 Å². The molecule has 0 atom stereocenters. The van der Waals surface area contributed by atoms with Crippen LogP contribution in [0.2, 0.25) is 0 Å². The third-order valence-corrected chi connectivity index (χ3v) is 0. The Bertz CT molecular complexity index is 163. The summed E-state index contributed by atoms with van der Waals surface area (Å²) < 4.78 is 34.1. The summed E-state index contributed by atoms with van der Waals surface area (Å²) in [4.78, 5) is 8.89. The van der Waals surface area contributed by atoms with E-state index in [1.807, 2.05) is 0 Å². The number of carbonyl (C=O) groups is 1. The van der Waals surface area contributed by atoms with Gasteiger partial charge in [0.15, 0.2) is 0 Å². The third-order valence-electron chi connectivity index (χ3n) is 0. The summed E-state index contributed by atoms with van der Waals surface area (Å²) in [6.07, 6.45) is 0. The molecule has 0 aliphatic rings. The molecule has 0 aliphatic heterocycles. The van der Waals surface area contributed by atoms with E-state index in [0.29, 0.717) is 0 Å². The van der Waals surface area contributed by atoms with E-state index in [1.54, 1.807) is 0 Å². The quantitative estimate of drug-likeness (QED) is 0.220. The average Bonchev–Trinajstić information content (AvgIpc) is 1.19. The summed E-state index contributed by atoms with van der Waals surface area (Å²) in [6, 6.07) is 0. The van der Waals surface area contributed by atoms with Gasteiger partial charge < -0.3 is 19.0 Å². The van der Waals surface area contributed by atoms with Crippen LogP contribution in [-0.4, -0.2) is 40.9 Å². The van der Waals surface area contributed by atoms with Gasteiger partial charge in [-0.1, -0.05) is 0 Å². The molecule has 0 heterocycles. The molecule has 0 unspecified atom stereocenters. The van der Waals surface area contributed by atoms with Gasteiger partial charge in [0, 0.05) is 16.4 Å². The molecule has 0 aromatic rings. The summed E-state index contributed by atoms with van der Waals surface area (Å²) in [7, 11) is -5.17. The van der Waals surface area contributed by atoms with E-state index in [0.717, 1.165) is 6.92 Å². The summed E-state index contributed by atoms with van der Waals surface area (Å²) >= 11 is 0. The summed E-state index contributed by atoms with van der Waals surface area (Å²) in [5.74, 6) is -1.08. The minimum absolute atomic E-state index is 0. The van der Waals surface area contributed by atoms with Crippen LogP contribution in [0.1, 0.15) is 6.92 Å². The van der Waals surface area contributed by atoms with Gasteiger partial charge in [-0.2, -0.15) is 0 Å². The maximum Gasteiger partial charge on any atom is 3.00 e. The number of carbonyl (C=O) groups excluding carboxylic acids is 1. The molecular formula is C2H3AlNaO6S+. The molecule has 0 radical (unpaired) electrons. The van der Waals surface area contributed by atoms with Crippen molar-refractivity contribution in [2.24, 2.45) is 0 Å². The first-order chi connectivity index (χ1) is 3.73. The summed E-state index contributed by atoms with van der Waals surface area (Å²) in [5, 5.41) is 8.89. The van der Waals surface area contributed by atoms with Gasteiger partial charge in [0.1, 0.15) is 0 Å². The van der Waals surface area contributed by atoms with Gasteiger partial charge in [-0.3, -0.25) is 8.42 Å². The van der Waals surface area contributed by atoms with Crippen LogP contribution in [-0.2, 0) is 15.2 Å². The van der Waals surface area contributed by atoms with Crippen LogP contribution in [0.15, 0.2) is 0 Å². The first-order valence-electron chi connectivity index (χ1n) is 1.57. The van der Waals surface area contributed by atoms with Gasteiger partial charge in [0.05, 0.1) is 0 Å². The van der Waals surface area contributed by atoms with Gasteiger partial charge in [-0.05, 0) is 6.92 Å². The second-order valence-corrected chi connectivity index (χ2v) is 1.72. The minimum Gasteiger partial charge on any atom is -0.759 e. The van der Waals surface area contributed by atoms with E-state index in [2.05, 4.69) is 0 Å². The Kier molecular flexibility index (Phi) is 22.4. The van der Waals surface area contributed by atoms with Crippen molar-refractivity contribution >= 4 is 33.7 Å². The van der Waals surface area contributed by atoms with Gasteiger partial charge in [0.25, 0.3) is 0 Å². The molecule has 0 saturated carbocycles. The Hall–Kier alpha value is 0.872. The van der Waals surface area contributed by atoms with Crippen molar-refractivity contribution in [3.8, 4) is 0 Å². The number of carboxylic acid groups (broad SMARTS) is 1. The predicted octanol–water partition coefficient (Wildman–Crippen LogP) is -5.96. The molecule has 9 heteroatoms. The van der Waals surface area contributed by atoms with E-state index >= 15 is 0 Å². The average molecular weight is 205 g/mol. The maximum absolute atomic E-state index is 8.89. The maximum atomic E-state index is 8.89. The predicted molar refractivity (Wildman–Crippen MR) is 26.9 cm³/mol. The van der Waals surface area contributed by atoms with Crippen LogP contribution < -0.4 is 34.7 Å². The molecule has 0 fully saturated rings. The fraction of sp³-hybridized carbons (Fsp3) is 0.500. The van der Waals surface area contributed by atoms with E-state index in [9.17, 15) is 0 Å². The van der Waals surface area contributed by atoms with Crippen LogP contribution in [0.4, 0.5) is 0 Å². The van der Waals surface area contributed by atoms with Crippen LogP contribution in [0, 0.1) is 0 Å². The third kappa shape index (κ3) is 1120. The smallest absolute Gasteiger partial charge is 0.759 e. The van der Waals surface area contributed by atoms with Crippen LogP contribution in [0.5, 0.6) is 0 Å². The molecular weight excluding hydrogens is 202 g/mol. The molecule has 0 bridgehead atoms. The summed E-state index contributed by atoms with van der Waals surface area (Å²) in [6.45, 7) is 0.972. The SMILES string of the molecule is CC(=O)[O-].O=S(=O)([O-])[O-].[Al+3].[Na+]. The molecule has 0 spiro atoms. The van der Waals surface area contributed by atoms with E-state index in [-0.39, 0.29) is 46.9 Å². The fourth-order valence-corrected chi connectivity index (χ4v) is 0. The van der Waals surface area contributed by atoms with Gasteiger partial charge >= 0.3 is 46.9 Å². The van der Waals surface area contributed by atoms with Crippen LogP contribution in [0.25, 0.3) is 0 Å². The van der Waals surface area contributed by atoms with Gasteiger partial charge in [-0.25, -0.2) is 0 Å². The van der Waals surface area contributed by atoms with Crippen molar-refractivity contribution in [1.29, 1.82) is 0 Å². The van der Waals surface area contributed by atoms with Gasteiger partial charge in [-0.15, -0.1) is 0 Å². The molecule has 11 heavy (non-hydrogen) atoms. The molecule has 6 nitrogen and oxygen atoms in total. The Labute approximate surface area is 97.0 Å².